The van der Waals surface area contributed by atoms with Crippen LogP contribution >= 0.6 is 0 Å². The molecule has 1 heterocycles. The predicted molar refractivity (Wildman–Crippen MR) is 145 cm³/mol. The van der Waals surface area contributed by atoms with Crippen LogP contribution < -0.4 is 15.6 Å². The number of hydrazine groups is 1. The number of nitrogens with zero attached hydrogens (tertiary/aromatic N) is 3. The predicted octanol–water partition coefficient (Wildman–Crippen LogP) is 4.36. The van der Waals surface area contributed by atoms with Crippen molar-refractivity contribution in [2.24, 2.45) is 0 Å². The Balaban J connectivity index is 1.29. The van der Waals surface area contributed by atoms with Crippen molar-refractivity contribution in [3.05, 3.63) is 126 Å². The van der Waals surface area contributed by atoms with Crippen LogP contribution in [-0.4, -0.2) is 29.1 Å². The minimum Gasteiger partial charge on any atom is -0.323 e. The van der Waals surface area contributed by atoms with Gasteiger partial charge in [-0.25, -0.2) is 13.1 Å². The first-order valence-electron chi connectivity index (χ1n) is 11.8. The summed E-state index contributed by atoms with van der Waals surface area (Å²) in [6.45, 7) is 0.553. The Morgan fingerprint density at radius 2 is 1.37 bits per heavy atom. The van der Waals surface area contributed by atoms with Crippen molar-refractivity contribution in [2.45, 2.75) is 11.4 Å². The molecule has 5 aromatic rings. The van der Waals surface area contributed by atoms with Gasteiger partial charge in [-0.15, -0.1) is 9.93 Å². The lowest BCUT2D eigenvalue weighted by Crippen LogP contribution is -2.41. The molecular formula is C28H24N6O3S. The van der Waals surface area contributed by atoms with Crippen molar-refractivity contribution in [2.75, 3.05) is 5.32 Å². The third kappa shape index (κ3) is 5.94. The van der Waals surface area contributed by atoms with E-state index < -0.39 is 15.9 Å². The first-order valence-corrected chi connectivity index (χ1v) is 13.2. The number of amides is 1. The Morgan fingerprint density at radius 1 is 0.763 bits per heavy atom. The van der Waals surface area contributed by atoms with Crippen LogP contribution in [0.5, 0.6) is 0 Å². The largest absolute Gasteiger partial charge is 0.323 e. The Bertz CT molecular complexity index is 1620. The van der Waals surface area contributed by atoms with Crippen LogP contribution in [0.3, 0.4) is 0 Å². The molecule has 0 aliphatic carbocycles. The van der Waals surface area contributed by atoms with Gasteiger partial charge in [0, 0.05) is 16.8 Å². The zero-order chi connectivity index (χ0) is 26.4. The number of aromatic nitrogens is 3. The normalized spacial score (nSPS) is 11.2. The van der Waals surface area contributed by atoms with Crippen LogP contribution in [-0.2, 0) is 16.6 Å². The molecule has 38 heavy (non-hydrogen) atoms. The van der Waals surface area contributed by atoms with E-state index in [1.807, 2.05) is 65.3 Å². The van der Waals surface area contributed by atoms with Gasteiger partial charge in [-0.3, -0.25) is 10.2 Å². The maximum atomic E-state index is 12.5. The molecule has 4 aromatic carbocycles. The summed E-state index contributed by atoms with van der Waals surface area (Å²) >= 11 is 0. The summed E-state index contributed by atoms with van der Waals surface area (Å²) in [5.41, 5.74) is 5.22. The minimum atomic E-state index is -3.87. The van der Waals surface area contributed by atoms with E-state index in [0.717, 1.165) is 17.0 Å². The highest BCUT2D eigenvalue weighted by atomic mass is 32.2. The minimum absolute atomic E-state index is 0.0499. The lowest BCUT2D eigenvalue weighted by atomic mass is 10.2. The van der Waals surface area contributed by atoms with Crippen molar-refractivity contribution < 1.29 is 13.2 Å². The molecule has 1 aromatic heterocycles. The zero-order valence-corrected chi connectivity index (χ0v) is 21.0. The first kappa shape index (κ1) is 24.9. The molecule has 190 valence electrons. The molecule has 5 rings (SSSR count). The molecule has 0 radical (unpaired) electrons. The molecule has 10 heteroatoms. The van der Waals surface area contributed by atoms with Gasteiger partial charge >= 0.3 is 0 Å². The number of carbonyl (C=O) groups excluding carboxylic acids is 1. The second-order valence-electron chi connectivity index (χ2n) is 8.34. The molecule has 0 saturated heterocycles. The molecule has 0 atom stereocenters. The molecule has 9 nitrogen and oxygen atoms in total. The van der Waals surface area contributed by atoms with E-state index in [4.69, 9.17) is 4.98 Å². The van der Waals surface area contributed by atoms with Crippen LogP contribution in [0.2, 0.25) is 0 Å². The van der Waals surface area contributed by atoms with Gasteiger partial charge < -0.3 is 5.32 Å². The molecule has 0 bridgehead atoms. The van der Waals surface area contributed by atoms with E-state index in [0.29, 0.717) is 18.2 Å². The van der Waals surface area contributed by atoms with Gasteiger partial charge in [0.15, 0.2) is 5.82 Å². The number of carbonyl (C=O) groups is 1. The van der Waals surface area contributed by atoms with Gasteiger partial charge in [0.1, 0.15) is 0 Å². The Morgan fingerprint density at radius 3 is 2.03 bits per heavy atom. The summed E-state index contributed by atoms with van der Waals surface area (Å²) in [6.07, 6.45) is 0. The lowest BCUT2D eigenvalue weighted by Gasteiger charge is -2.09. The van der Waals surface area contributed by atoms with Gasteiger partial charge in [-0.05, 0) is 42.0 Å². The third-order valence-electron chi connectivity index (χ3n) is 5.63. The van der Waals surface area contributed by atoms with Gasteiger partial charge in [-0.2, -0.15) is 4.98 Å². The van der Waals surface area contributed by atoms with E-state index in [1.54, 1.807) is 42.5 Å². The van der Waals surface area contributed by atoms with E-state index >= 15 is 0 Å². The van der Waals surface area contributed by atoms with Crippen molar-refractivity contribution in [1.82, 2.24) is 25.0 Å². The van der Waals surface area contributed by atoms with Crippen LogP contribution in [0, 0.1) is 0 Å². The van der Waals surface area contributed by atoms with Gasteiger partial charge in [0.05, 0.1) is 11.4 Å². The fourth-order valence-electron chi connectivity index (χ4n) is 3.74. The number of rotatable bonds is 9. The topological polar surface area (TPSA) is 118 Å². The summed E-state index contributed by atoms with van der Waals surface area (Å²) in [4.78, 5) is 19.3. The van der Waals surface area contributed by atoms with Crippen LogP contribution in [0.1, 0.15) is 15.9 Å². The molecule has 0 fully saturated rings. The Hall–Kier alpha value is -4.80. The molecular weight excluding hydrogens is 500 g/mol. The smallest absolute Gasteiger partial charge is 0.266 e. The number of hydrogen-bond donors (Lipinski definition) is 3. The Labute approximate surface area is 220 Å². The standard InChI is InChI=1S/C28H24N6O3S/c35-27(31-33-38(36,37)25-14-8-3-9-15-25)23-16-18-24(19-17-23)29-28-30-26(22-12-6-2-7-13-22)34(32-28)20-21-10-4-1-5-11-21/h1-19,33H,20H2,(H,29,32)(H,31,35). The lowest BCUT2D eigenvalue weighted by molar-refractivity contribution is 0.0945. The number of anilines is 2. The van der Waals surface area contributed by atoms with Crippen LogP contribution in [0.15, 0.2) is 120 Å². The van der Waals surface area contributed by atoms with Gasteiger partial charge in [0.25, 0.3) is 15.9 Å². The second kappa shape index (κ2) is 11.1. The highest BCUT2D eigenvalue weighted by molar-refractivity contribution is 7.89. The average molecular weight is 525 g/mol. The van der Waals surface area contributed by atoms with Gasteiger partial charge in [0.2, 0.25) is 5.95 Å². The maximum absolute atomic E-state index is 12.5. The molecule has 3 N–H and O–H groups in total. The highest BCUT2D eigenvalue weighted by Crippen LogP contribution is 2.22. The highest BCUT2D eigenvalue weighted by Gasteiger charge is 2.16. The summed E-state index contributed by atoms with van der Waals surface area (Å²) in [7, 11) is -3.87. The van der Waals surface area contributed by atoms with Crippen LogP contribution in [0.4, 0.5) is 11.6 Å². The number of hydrogen-bond acceptors (Lipinski definition) is 6. The zero-order valence-electron chi connectivity index (χ0n) is 20.2. The van der Waals surface area contributed by atoms with Crippen LogP contribution in [0.25, 0.3) is 11.4 Å². The fourth-order valence-corrected chi connectivity index (χ4v) is 4.60. The third-order valence-corrected chi connectivity index (χ3v) is 6.90. The summed E-state index contributed by atoms with van der Waals surface area (Å²) in [5, 5.41) is 7.84. The molecule has 1 amide bonds. The fraction of sp³-hybridized carbons (Fsp3) is 0.0357. The van der Waals surface area contributed by atoms with E-state index in [9.17, 15) is 13.2 Å². The quantitative estimate of drug-likeness (QED) is 0.247. The van der Waals surface area contributed by atoms with E-state index in [-0.39, 0.29) is 10.5 Å². The maximum Gasteiger partial charge on any atom is 0.266 e. The molecule has 0 saturated carbocycles. The van der Waals surface area contributed by atoms with Crippen molar-refractivity contribution >= 4 is 27.6 Å². The number of nitrogens with one attached hydrogen (secondary N) is 3. The van der Waals surface area contributed by atoms with E-state index in [2.05, 4.69) is 20.7 Å². The summed E-state index contributed by atoms with van der Waals surface area (Å²) < 4.78 is 26.5. The summed E-state index contributed by atoms with van der Waals surface area (Å²) in [5.74, 6) is 0.541. The molecule has 0 aliphatic rings. The van der Waals surface area contributed by atoms with Crippen molar-refractivity contribution in [1.29, 1.82) is 0 Å². The second-order valence-corrected chi connectivity index (χ2v) is 10.0. The molecule has 0 spiro atoms. The first-order chi connectivity index (χ1) is 18.5. The number of sulfonamides is 1. The molecule has 0 unspecified atom stereocenters. The summed E-state index contributed by atoms with van der Waals surface area (Å²) in [6, 6.07) is 34.2. The van der Waals surface area contributed by atoms with Crippen molar-refractivity contribution in [3.8, 4) is 11.4 Å². The average Bonchev–Trinajstić information content (AvgIpc) is 3.35. The SMILES string of the molecule is O=C(NNS(=O)(=O)c1ccccc1)c1ccc(Nc2nc(-c3ccccc3)n(Cc3ccccc3)n2)cc1. The van der Waals surface area contributed by atoms with Crippen molar-refractivity contribution in [3.63, 3.8) is 0 Å². The Kier molecular flexibility index (Phi) is 7.25. The van der Waals surface area contributed by atoms with E-state index in [1.165, 1.54) is 12.1 Å². The van der Waals surface area contributed by atoms with Gasteiger partial charge in [-0.1, -0.05) is 78.9 Å². The molecule has 0 aliphatic heterocycles. The number of benzene rings is 4. The monoisotopic (exact) mass is 524 g/mol.